The van der Waals surface area contributed by atoms with Gasteiger partial charge in [-0.15, -0.1) is 0 Å². The van der Waals surface area contributed by atoms with E-state index in [4.69, 9.17) is 13.9 Å². The third-order valence-corrected chi connectivity index (χ3v) is 12.5. The van der Waals surface area contributed by atoms with E-state index in [1.165, 1.54) is 15.9 Å². The predicted molar refractivity (Wildman–Crippen MR) is 144 cm³/mol. The summed E-state index contributed by atoms with van der Waals surface area (Å²) >= 11 is 0. The number of cyclic esters (lactones) is 1. The van der Waals surface area contributed by atoms with Crippen LogP contribution < -0.4 is 10.4 Å². The van der Waals surface area contributed by atoms with E-state index in [9.17, 15) is 4.79 Å². The van der Waals surface area contributed by atoms with Crippen LogP contribution in [0.25, 0.3) is 0 Å². The molecule has 2 aromatic carbocycles. The molecule has 4 rings (SSSR count). The molecule has 3 atom stereocenters. The van der Waals surface area contributed by atoms with Crippen molar-refractivity contribution in [3.8, 4) is 0 Å². The summed E-state index contributed by atoms with van der Waals surface area (Å²) in [7, 11) is -2.49. The number of hydrogen-bond acceptors (Lipinski definition) is 4. The van der Waals surface area contributed by atoms with Gasteiger partial charge >= 0.3 is 5.97 Å². The van der Waals surface area contributed by atoms with Gasteiger partial charge in [0.05, 0.1) is 12.2 Å². The molecule has 0 saturated carbocycles. The van der Waals surface area contributed by atoms with E-state index in [1.54, 1.807) is 0 Å². The Morgan fingerprint density at radius 3 is 2.11 bits per heavy atom. The molecule has 2 aromatic rings. The highest BCUT2D eigenvalue weighted by Gasteiger charge is 2.50. The average Bonchev–Trinajstić information content (AvgIpc) is 3.42. The molecule has 5 heteroatoms. The molecular formula is C30H40O4Si. The minimum absolute atomic E-state index is 0.0113. The number of benzene rings is 2. The number of carbonyl (C=O) groups excluding carboxylic acids is 1. The lowest BCUT2D eigenvalue weighted by Crippen LogP contribution is -2.66. The molecule has 0 radical (unpaired) electrons. The van der Waals surface area contributed by atoms with Crippen LogP contribution in [0.1, 0.15) is 65.7 Å². The number of carbonyl (C=O) groups is 1. The zero-order chi connectivity index (χ0) is 24.9. The molecule has 0 bridgehead atoms. The van der Waals surface area contributed by atoms with E-state index in [-0.39, 0.29) is 29.3 Å². The van der Waals surface area contributed by atoms with Crippen LogP contribution in [0.3, 0.4) is 0 Å². The van der Waals surface area contributed by atoms with Gasteiger partial charge in [0.15, 0.2) is 0 Å². The summed E-state index contributed by atoms with van der Waals surface area (Å²) in [6, 6.07) is 21.6. The second-order valence-corrected chi connectivity index (χ2v) is 15.3. The molecule has 2 aliphatic rings. The molecule has 2 aliphatic heterocycles. The Labute approximate surface area is 211 Å². The molecule has 0 spiro atoms. The number of esters is 1. The lowest BCUT2D eigenvalue weighted by atomic mass is 10.0. The van der Waals surface area contributed by atoms with E-state index >= 15 is 0 Å². The van der Waals surface area contributed by atoms with Crippen LogP contribution in [0.15, 0.2) is 72.8 Å². The van der Waals surface area contributed by atoms with Gasteiger partial charge in [-0.1, -0.05) is 88.0 Å². The molecule has 35 heavy (non-hydrogen) atoms. The topological polar surface area (TPSA) is 44.8 Å². The lowest BCUT2D eigenvalue weighted by molar-refractivity contribution is -0.141. The Balaban J connectivity index is 1.36. The van der Waals surface area contributed by atoms with Gasteiger partial charge in [0.2, 0.25) is 0 Å². The number of hydrogen-bond donors (Lipinski definition) is 0. The summed E-state index contributed by atoms with van der Waals surface area (Å²) in [6.45, 7) is 11.9. The molecule has 0 aliphatic carbocycles. The van der Waals surface area contributed by atoms with Crippen molar-refractivity contribution in [3.05, 3.63) is 72.8 Å². The minimum Gasteiger partial charge on any atom is -0.462 e. The Bertz CT molecular complexity index is 943. The molecule has 0 amide bonds. The Kier molecular flexibility index (Phi) is 8.30. The highest BCUT2D eigenvalue weighted by molar-refractivity contribution is 6.99. The summed E-state index contributed by atoms with van der Waals surface area (Å²) < 4.78 is 18.7. The molecule has 2 fully saturated rings. The van der Waals surface area contributed by atoms with Crippen LogP contribution in [-0.4, -0.2) is 39.2 Å². The van der Waals surface area contributed by atoms with E-state index in [2.05, 4.69) is 88.0 Å². The Morgan fingerprint density at radius 2 is 1.57 bits per heavy atom. The van der Waals surface area contributed by atoms with Crippen LogP contribution in [-0.2, 0) is 18.7 Å². The van der Waals surface area contributed by atoms with Crippen LogP contribution >= 0.6 is 0 Å². The first-order valence-electron chi connectivity index (χ1n) is 13.1. The largest absolute Gasteiger partial charge is 0.462 e. The predicted octanol–water partition coefficient (Wildman–Crippen LogP) is 5.54. The zero-order valence-electron chi connectivity index (χ0n) is 21.5. The zero-order valence-corrected chi connectivity index (χ0v) is 22.5. The SMILES string of the molecule is C=C1CC(CCCO[Si](c2ccccc2)(c2ccccc2)C(C)(C)C)OC1CCC1CCC(=O)O1. The summed E-state index contributed by atoms with van der Waals surface area (Å²) in [5, 5.41) is 2.62. The minimum atomic E-state index is -2.49. The van der Waals surface area contributed by atoms with Crippen molar-refractivity contribution < 1.29 is 18.7 Å². The second-order valence-electron chi connectivity index (χ2n) is 11.0. The van der Waals surface area contributed by atoms with Crippen LogP contribution in [0, 0.1) is 0 Å². The fourth-order valence-electron chi connectivity index (χ4n) is 5.66. The maximum atomic E-state index is 11.3. The Hall–Kier alpha value is -2.21. The summed E-state index contributed by atoms with van der Waals surface area (Å²) in [5.41, 5.74) is 1.17. The fourth-order valence-corrected chi connectivity index (χ4v) is 10.3. The maximum absolute atomic E-state index is 11.3. The smallest absolute Gasteiger partial charge is 0.306 e. The molecule has 188 valence electrons. The van der Waals surface area contributed by atoms with Gasteiger partial charge in [-0.2, -0.15) is 0 Å². The van der Waals surface area contributed by atoms with Crippen molar-refractivity contribution in [3.63, 3.8) is 0 Å². The van der Waals surface area contributed by atoms with Gasteiger partial charge in [0.25, 0.3) is 8.32 Å². The van der Waals surface area contributed by atoms with Gasteiger partial charge in [-0.3, -0.25) is 4.79 Å². The van der Waals surface area contributed by atoms with Crippen molar-refractivity contribution >= 4 is 24.7 Å². The third-order valence-electron chi connectivity index (χ3n) is 7.43. The molecule has 0 N–H and O–H groups in total. The molecule has 3 unspecified atom stereocenters. The van der Waals surface area contributed by atoms with Crippen LogP contribution in [0.2, 0.25) is 5.04 Å². The van der Waals surface area contributed by atoms with E-state index in [1.807, 2.05) is 0 Å². The first-order chi connectivity index (χ1) is 16.8. The van der Waals surface area contributed by atoms with Crippen molar-refractivity contribution in [2.75, 3.05) is 6.61 Å². The normalized spacial score (nSPS) is 23.0. The molecular weight excluding hydrogens is 452 g/mol. The number of rotatable bonds is 10. The van der Waals surface area contributed by atoms with Crippen molar-refractivity contribution in [1.82, 2.24) is 0 Å². The quantitative estimate of drug-likeness (QED) is 0.189. The molecule has 0 aromatic heterocycles. The molecule has 4 nitrogen and oxygen atoms in total. The van der Waals surface area contributed by atoms with Gasteiger partial charge in [-0.05, 0) is 59.5 Å². The highest BCUT2D eigenvalue weighted by atomic mass is 28.4. The van der Waals surface area contributed by atoms with Gasteiger partial charge < -0.3 is 13.9 Å². The lowest BCUT2D eigenvalue weighted by Gasteiger charge is -2.43. The van der Waals surface area contributed by atoms with Crippen molar-refractivity contribution in [2.24, 2.45) is 0 Å². The van der Waals surface area contributed by atoms with Gasteiger partial charge in [0.1, 0.15) is 6.10 Å². The average molecular weight is 493 g/mol. The van der Waals surface area contributed by atoms with Gasteiger partial charge in [-0.25, -0.2) is 0 Å². The highest BCUT2D eigenvalue weighted by Crippen LogP contribution is 2.37. The van der Waals surface area contributed by atoms with E-state index in [0.29, 0.717) is 13.0 Å². The standard InChI is InChI=1S/C30H40O4Si/c1-23-22-25(33-28(23)19-17-24-18-20-29(31)34-24)12-11-21-32-35(30(2,3)4,26-13-7-5-8-14-26)27-15-9-6-10-16-27/h5-10,13-16,24-25,28H,1,11-12,17-22H2,2-4H3. The van der Waals surface area contributed by atoms with Gasteiger partial charge in [0, 0.05) is 13.0 Å². The molecule has 2 saturated heterocycles. The van der Waals surface area contributed by atoms with E-state index in [0.717, 1.165) is 38.5 Å². The summed E-state index contributed by atoms with van der Waals surface area (Å²) in [6.07, 6.45) is 6.28. The maximum Gasteiger partial charge on any atom is 0.306 e. The van der Waals surface area contributed by atoms with Crippen molar-refractivity contribution in [1.29, 1.82) is 0 Å². The first kappa shape index (κ1) is 25.9. The summed E-state index contributed by atoms with van der Waals surface area (Å²) in [4.78, 5) is 11.3. The van der Waals surface area contributed by atoms with Crippen LogP contribution in [0.4, 0.5) is 0 Å². The molecule has 2 heterocycles. The Morgan fingerprint density at radius 1 is 0.943 bits per heavy atom. The van der Waals surface area contributed by atoms with Crippen molar-refractivity contribution in [2.45, 2.75) is 89.1 Å². The second kappa shape index (κ2) is 11.2. The fraction of sp³-hybridized carbons (Fsp3) is 0.500. The first-order valence-corrected chi connectivity index (χ1v) is 15.0. The van der Waals surface area contributed by atoms with Crippen LogP contribution in [0.5, 0.6) is 0 Å². The summed E-state index contributed by atoms with van der Waals surface area (Å²) in [5.74, 6) is -0.0695. The number of ether oxygens (including phenoxy) is 2. The third kappa shape index (κ3) is 5.96. The monoisotopic (exact) mass is 492 g/mol. The van der Waals surface area contributed by atoms with E-state index < -0.39 is 8.32 Å².